The van der Waals surface area contributed by atoms with Gasteiger partial charge in [0.1, 0.15) is 0 Å². The molecule has 28 heavy (non-hydrogen) atoms. The minimum absolute atomic E-state index is 0.0611. The molecule has 5 nitrogen and oxygen atoms in total. The van der Waals surface area contributed by atoms with Gasteiger partial charge in [0.05, 0.1) is 0 Å². The second-order valence-electron chi connectivity index (χ2n) is 7.96. The highest BCUT2D eigenvalue weighted by Gasteiger charge is 2.38. The van der Waals surface area contributed by atoms with Crippen LogP contribution in [0, 0.1) is 19.3 Å². The number of aryl methyl sites for hydroxylation is 2. The van der Waals surface area contributed by atoms with E-state index in [2.05, 4.69) is 10.6 Å². The molecular weight excluding hydrogens is 350 g/mol. The van der Waals surface area contributed by atoms with Crippen LogP contribution in [0.3, 0.4) is 0 Å². The highest BCUT2D eigenvalue weighted by Crippen LogP contribution is 2.31. The molecule has 1 saturated heterocycles. The molecule has 0 radical (unpaired) electrons. The van der Waals surface area contributed by atoms with Gasteiger partial charge in [0.25, 0.3) is 0 Å². The fraction of sp³-hybridized carbons (Fsp3) is 0.391. The molecule has 0 saturated carbocycles. The summed E-state index contributed by atoms with van der Waals surface area (Å²) in [5.41, 5.74) is 3.65. The lowest BCUT2D eigenvalue weighted by atomic mass is 9.79. The van der Waals surface area contributed by atoms with E-state index in [1.54, 1.807) is 4.90 Å². The maximum atomic E-state index is 12.7. The van der Waals surface area contributed by atoms with Crippen molar-refractivity contribution in [1.82, 2.24) is 10.2 Å². The van der Waals surface area contributed by atoms with Gasteiger partial charge in [0.2, 0.25) is 5.91 Å². The summed E-state index contributed by atoms with van der Waals surface area (Å²) < 4.78 is 0. The van der Waals surface area contributed by atoms with Crippen molar-refractivity contribution in [2.75, 3.05) is 18.4 Å². The van der Waals surface area contributed by atoms with Crippen LogP contribution in [-0.4, -0.2) is 29.9 Å². The van der Waals surface area contributed by atoms with E-state index in [4.69, 9.17) is 0 Å². The molecule has 3 amide bonds. The van der Waals surface area contributed by atoms with Crippen LogP contribution in [0.2, 0.25) is 0 Å². The van der Waals surface area contributed by atoms with Crippen molar-refractivity contribution >= 4 is 17.6 Å². The third-order valence-corrected chi connectivity index (χ3v) is 5.63. The Hall–Kier alpha value is -2.82. The zero-order valence-corrected chi connectivity index (χ0v) is 16.9. The molecule has 5 heteroatoms. The number of carbonyl (C=O) groups excluding carboxylic acids is 2. The minimum Gasteiger partial charge on any atom is -0.352 e. The molecule has 0 aromatic heterocycles. The number of carbonyl (C=O) groups is 2. The average molecular weight is 380 g/mol. The van der Waals surface area contributed by atoms with Crippen molar-refractivity contribution in [3.8, 4) is 0 Å². The topological polar surface area (TPSA) is 61.4 Å². The van der Waals surface area contributed by atoms with Crippen LogP contribution in [0.15, 0.2) is 48.5 Å². The van der Waals surface area contributed by atoms with Crippen molar-refractivity contribution in [2.24, 2.45) is 5.41 Å². The van der Waals surface area contributed by atoms with Gasteiger partial charge in [-0.3, -0.25) is 4.79 Å². The number of benzene rings is 2. The Balaban J connectivity index is 1.53. The molecule has 0 bridgehead atoms. The van der Waals surface area contributed by atoms with E-state index < -0.39 is 5.41 Å². The van der Waals surface area contributed by atoms with Crippen LogP contribution in [0.25, 0.3) is 0 Å². The van der Waals surface area contributed by atoms with E-state index in [9.17, 15) is 9.59 Å². The first kappa shape index (κ1) is 19.9. The highest BCUT2D eigenvalue weighted by molar-refractivity contribution is 5.90. The van der Waals surface area contributed by atoms with Crippen molar-refractivity contribution in [2.45, 2.75) is 40.2 Å². The fourth-order valence-corrected chi connectivity index (χ4v) is 3.49. The Bertz CT molecular complexity index is 840. The summed E-state index contributed by atoms with van der Waals surface area (Å²) >= 11 is 0. The molecule has 1 aliphatic rings. The van der Waals surface area contributed by atoms with Crippen LogP contribution in [0.5, 0.6) is 0 Å². The second-order valence-corrected chi connectivity index (χ2v) is 7.96. The maximum absolute atomic E-state index is 12.7. The number of rotatable bonds is 4. The Morgan fingerprint density at radius 3 is 2.39 bits per heavy atom. The van der Waals surface area contributed by atoms with E-state index >= 15 is 0 Å². The van der Waals surface area contributed by atoms with Crippen molar-refractivity contribution in [3.05, 3.63) is 65.2 Å². The monoisotopic (exact) mass is 379 g/mol. The largest absolute Gasteiger partial charge is 0.352 e. The lowest BCUT2D eigenvalue weighted by molar-refractivity contribution is -0.132. The van der Waals surface area contributed by atoms with Gasteiger partial charge in [-0.2, -0.15) is 0 Å². The summed E-state index contributed by atoms with van der Waals surface area (Å²) in [5.74, 6) is 0.0611. The Labute approximate surface area is 167 Å². The molecule has 148 valence electrons. The molecule has 2 aromatic rings. The summed E-state index contributed by atoms with van der Waals surface area (Å²) in [7, 11) is 0. The number of likely N-dealkylation sites (tertiary alicyclic amines) is 1. The lowest BCUT2D eigenvalue weighted by Crippen LogP contribution is -2.49. The number of amides is 3. The van der Waals surface area contributed by atoms with Crippen molar-refractivity contribution in [1.29, 1.82) is 0 Å². The zero-order valence-electron chi connectivity index (χ0n) is 16.9. The third kappa shape index (κ3) is 4.71. The van der Waals surface area contributed by atoms with Crippen molar-refractivity contribution < 1.29 is 9.59 Å². The number of urea groups is 1. The number of hydrogen-bond acceptors (Lipinski definition) is 2. The van der Waals surface area contributed by atoms with Crippen molar-refractivity contribution in [3.63, 3.8) is 0 Å². The maximum Gasteiger partial charge on any atom is 0.321 e. The van der Waals surface area contributed by atoms with Crippen LogP contribution >= 0.6 is 0 Å². The quantitative estimate of drug-likeness (QED) is 0.834. The summed E-state index contributed by atoms with van der Waals surface area (Å²) in [6, 6.07) is 15.8. The minimum atomic E-state index is -0.440. The first-order chi connectivity index (χ1) is 13.4. The molecule has 3 rings (SSSR count). The first-order valence-electron chi connectivity index (χ1n) is 9.83. The second kappa shape index (κ2) is 8.46. The molecule has 1 heterocycles. The number of nitrogens with zero attached hydrogens (tertiary/aromatic N) is 1. The lowest BCUT2D eigenvalue weighted by Gasteiger charge is -2.38. The SMILES string of the molecule is Cc1ccc(C)c(NC(=O)N2CCC(C)(C(=O)NCc3ccccc3)CC2)c1. The van der Waals surface area contributed by atoms with Crippen LogP contribution < -0.4 is 10.6 Å². The van der Waals surface area contributed by atoms with E-state index in [1.165, 1.54) is 0 Å². The van der Waals surface area contributed by atoms with Crippen LogP contribution in [0.1, 0.15) is 36.5 Å². The Kier molecular flexibility index (Phi) is 6.02. The molecule has 0 spiro atoms. The van der Waals surface area contributed by atoms with Gasteiger partial charge in [-0.25, -0.2) is 4.79 Å². The van der Waals surface area contributed by atoms with Gasteiger partial charge < -0.3 is 15.5 Å². The number of anilines is 1. The predicted octanol–water partition coefficient (Wildman–Crippen LogP) is 4.25. The summed E-state index contributed by atoms with van der Waals surface area (Å²) in [6.07, 6.45) is 1.32. The Morgan fingerprint density at radius 2 is 1.71 bits per heavy atom. The van der Waals surface area contributed by atoms with Gasteiger partial charge in [-0.05, 0) is 49.4 Å². The van der Waals surface area contributed by atoms with Gasteiger partial charge in [-0.15, -0.1) is 0 Å². The molecule has 2 N–H and O–H groups in total. The van der Waals surface area contributed by atoms with Gasteiger partial charge in [-0.1, -0.05) is 49.4 Å². The molecule has 0 unspecified atom stereocenters. The summed E-state index contributed by atoms with van der Waals surface area (Å²) in [5, 5.41) is 6.06. The average Bonchev–Trinajstić information content (AvgIpc) is 2.70. The number of piperidine rings is 1. The molecule has 1 aliphatic heterocycles. The predicted molar refractivity (Wildman–Crippen MR) is 112 cm³/mol. The highest BCUT2D eigenvalue weighted by atomic mass is 16.2. The molecule has 2 aromatic carbocycles. The summed E-state index contributed by atoms with van der Waals surface area (Å²) in [6.45, 7) is 7.67. The fourth-order valence-electron chi connectivity index (χ4n) is 3.49. The van der Waals surface area contributed by atoms with E-state index in [1.807, 2.05) is 69.3 Å². The van der Waals surface area contributed by atoms with Gasteiger partial charge in [0, 0.05) is 30.7 Å². The van der Waals surface area contributed by atoms with Gasteiger partial charge >= 0.3 is 6.03 Å². The summed E-state index contributed by atoms with van der Waals surface area (Å²) in [4.78, 5) is 27.1. The molecule has 0 aliphatic carbocycles. The number of nitrogens with one attached hydrogen (secondary N) is 2. The normalized spacial score (nSPS) is 15.8. The molecule has 1 fully saturated rings. The third-order valence-electron chi connectivity index (χ3n) is 5.63. The van der Waals surface area contributed by atoms with Gasteiger partial charge in [0.15, 0.2) is 0 Å². The van der Waals surface area contributed by atoms with E-state index in [0.29, 0.717) is 32.5 Å². The first-order valence-corrected chi connectivity index (χ1v) is 9.83. The number of hydrogen-bond donors (Lipinski definition) is 2. The Morgan fingerprint density at radius 1 is 1.04 bits per heavy atom. The smallest absolute Gasteiger partial charge is 0.321 e. The van der Waals surface area contributed by atoms with E-state index in [0.717, 1.165) is 22.4 Å². The van der Waals surface area contributed by atoms with Crippen LogP contribution in [0.4, 0.5) is 10.5 Å². The van der Waals surface area contributed by atoms with Crippen LogP contribution in [-0.2, 0) is 11.3 Å². The standard InChI is InChI=1S/C23H29N3O2/c1-17-9-10-18(2)20(15-17)25-22(28)26-13-11-23(3,12-14-26)21(27)24-16-19-7-5-4-6-8-19/h4-10,15H,11-14,16H2,1-3H3,(H,24,27)(H,25,28). The zero-order chi connectivity index (χ0) is 20.1. The molecule has 0 atom stereocenters. The van der Waals surface area contributed by atoms with E-state index in [-0.39, 0.29) is 11.9 Å². The molecular formula is C23H29N3O2.